The van der Waals surface area contributed by atoms with E-state index < -0.39 is 5.97 Å². The molecular formula is C14H12BrNO2. The van der Waals surface area contributed by atoms with Crippen LogP contribution in [0.15, 0.2) is 53.0 Å². The summed E-state index contributed by atoms with van der Waals surface area (Å²) < 4.78 is 0.944. The highest BCUT2D eigenvalue weighted by Crippen LogP contribution is 2.26. The van der Waals surface area contributed by atoms with Crippen LogP contribution in [0.3, 0.4) is 0 Å². The van der Waals surface area contributed by atoms with Gasteiger partial charge in [0.25, 0.3) is 0 Å². The van der Waals surface area contributed by atoms with Gasteiger partial charge in [0, 0.05) is 4.47 Å². The average Bonchev–Trinajstić information content (AvgIpc) is 2.38. The summed E-state index contributed by atoms with van der Waals surface area (Å²) >= 11 is 3.46. The van der Waals surface area contributed by atoms with Crippen molar-refractivity contribution in [2.24, 2.45) is 5.73 Å². The van der Waals surface area contributed by atoms with Crippen molar-refractivity contribution < 1.29 is 9.90 Å². The summed E-state index contributed by atoms with van der Waals surface area (Å²) in [6.45, 7) is 0. The van der Waals surface area contributed by atoms with Crippen LogP contribution in [0.25, 0.3) is 0 Å². The van der Waals surface area contributed by atoms with Crippen molar-refractivity contribution in [2.45, 2.75) is 6.04 Å². The third-order valence-corrected chi connectivity index (χ3v) is 3.48. The second kappa shape index (κ2) is 5.33. The Balaban J connectivity index is 2.32. The van der Waals surface area contributed by atoms with Crippen LogP contribution in [-0.2, 0) is 0 Å². The Morgan fingerprint density at radius 3 is 2.28 bits per heavy atom. The third kappa shape index (κ3) is 2.60. The predicted molar refractivity (Wildman–Crippen MR) is 73.6 cm³/mol. The summed E-state index contributed by atoms with van der Waals surface area (Å²) in [4.78, 5) is 10.8. The number of aromatic carboxylic acids is 1. The van der Waals surface area contributed by atoms with Crippen LogP contribution < -0.4 is 5.73 Å². The van der Waals surface area contributed by atoms with Crippen LogP contribution in [-0.4, -0.2) is 11.1 Å². The third-order valence-electron chi connectivity index (χ3n) is 2.76. The second-order valence-corrected chi connectivity index (χ2v) is 4.78. The molecule has 0 radical (unpaired) electrons. The number of carbonyl (C=O) groups is 1. The summed E-state index contributed by atoms with van der Waals surface area (Å²) in [5.74, 6) is -0.934. The fourth-order valence-corrected chi connectivity index (χ4v) is 2.27. The predicted octanol–water partition coefficient (Wildman–Crippen LogP) is 3.20. The Morgan fingerprint density at radius 1 is 1.11 bits per heavy atom. The first-order valence-corrected chi connectivity index (χ1v) is 6.22. The van der Waals surface area contributed by atoms with Gasteiger partial charge >= 0.3 is 5.97 Å². The maximum Gasteiger partial charge on any atom is 0.335 e. The van der Waals surface area contributed by atoms with Gasteiger partial charge in [-0.15, -0.1) is 0 Å². The van der Waals surface area contributed by atoms with Crippen LogP contribution >= 0.6 is 15.9 Å². The quantitative estimate of drug-likeness (QED) is 0.915. The van der Waals surface area contributed by atoms with E-state index in [-0.39, 0.29) is 11.6 Å². The first-order chi connectivity index (χ1) is 8.59. The zero-order chi connectivity index (χ0) is 13.1. The van der Waals surface area contributed by atoms with E-state index in [9.17, 15) is 4.79 Å². The molecule has 2 rings (SSSR count). The zero-order valence-corrected chi connectivity index (χ0v) is 11.1. The fourth-order valence-electron chi connectivity index (χ4n) is 1.74. The Bertz CT molecular complexity index is 566. The SMILES string of the molecule is NC(c1ccc(C(=O)O)cc1)c1ccccc1Br. The largest absolute Gasteiger partial charge is 0.478 e. The van der Waals surface area contributed by atoms with Gasteiger partial charge in [0.15, 0.2) is 0 Å². The Morgan fingerprint density at radius 2 is 1.72 bits per heavy atom. The van der Waals surface area contributed by atoms with Gasteiger partial charge in [0.1, 0.15) is 0 Å². The van der Waals surface area contributed by atoms with Gasteiger partial charge in [0.05, 0.1) is 11.6 Å². The second-order valence-electron chi connectivity index (χ2n) is 3.93. The maximum atomic E-state index is 10.8. The Labute approximate surface area is 113 Å². The summed E-state index contributed by atoms with van der Waals surface area (Å²) in [7, 11) is 0. The molecule has 3 N–H and O–H groups in total. The van der Waals surface area contributed by atoms with Crippen molar-refractivity contribution in [3.8, 4) is 0 Å². The van der Waals surface area contributed by atoms with E-state index in [2.05, 4.69) is 15.9 Å². The first-order valence-electron chi connectivity index (χ1n) is 5.43. The van der Waals surface area contributed by atoms with Crippen LogP contribution in [0.5, 0.6) is 0 Å². The monoisotopic (exact) mass is 305 g/mol. The summed E-state index contributed by atoms with van der Waals surface area (Å²) in [6.07, 6.45) is 0. The molecular weight excluding hydrogens is 294 g/mol. The van der Waals surface area contributed by atoms with Crippen molar-refractivity contribution >= 4 is 21.9 Å². The van der Waals surface area contributed by atoms with Gasteiger partial charge in [0.2, 0.25) is 0 Å². The van der Waals surface area contributed by atoms with E-state index in [1.165, 1.54) is 0 Å². The van der Waals surface area contributed by atoms with E-state index in [0.29, 0.717) is 0 Å². The lowest BCUT2D eigenvalue weighted by molar-refractivity contribution is 0.0697. The number of carboxylic acids is 1. The highest BCUT2D eigenvalue weighted by Gasteiger charge is 2.12. The van der Waals surface area contributed by atoms with Gasteiger partial charge < -0.3 is 10.8 Å². The number of hydrogen-bond acceptors (Lipinski definition) is 2. The van der Waals surface area contributed by atoms with Crippen molar-refractivity contribution in [3.63, 3.8) is 0 Å². The molecule has 2 aromatic rings. The summed E-state index contributed by atoms with van der Waals surface area (Å²) in [5, 5.41) is 8.84. The molecule has 0 aliphatic carbocycles. The molecule has 0 heterocycles. The molecule has 0 aliphatic rings. The average molecular weight is 306 g/mol. The number of benzene rings is 2. The molecule has 3 nitrogen and oxygen atoms in total. The lowest BCUT2D eigenvalue weighted by atomic mass is 9.99. The zero-order valence-electron chi connectivity index (χ0n) is 9.51. The Hall–Kier alpha value is -1.65. The summed E-state index contributed by atoms with van der Waals surface area (Å²) in [6, 6.07) is 14.1. The van der Waals surface area contributed by atoms with Crippen LogP contribution in [0.4, 0.5) is 0 Å². The molecule has 0 amide bonds. The van der Waals surface area contributed by atoms with Gasteiger partial charge in [-0.1, -0.05) is 46.3 Å². The van der Waals surface area contributed by atoms with Crippen molar-refractivity contribution in [1.29, 1.82) is 0 Å². The van der Waals surface area contributed by atoms with Crippen LogP contribution in [0.1, 0.15) is 27.5 Å². The number of rotatable bonds is 3. The molecule has 0 fully saturated rings. The molecule has 0 aromatic heterocycles. The number of hydrogen-bond donors (Lipinski definition) is 2. The molecule has 92 valence electrons. The molecule has 1 unspecified atom stereocenters. The standard InChI is InChI=1S/C14H12BrNO2/c15-12-4-2-1-3-11(12)13(16)9-5-7-10(8-6-9)14(17)18/h1-8,13H,16H2,(H,17,18). The lowest BCUT2D eigenvalue weighted by Gasteiger charge is -2.14. The topological polar surface area (TPSA) is 63.3 Å². The summed E-state index contributed by atoms with van der Waals surface area (Å²) in [5.41, 5.74) is 8.28. The minimum atomic E-state index is -0.934. The molecule has 0 aliphatic heterocycles. The smallest absolute Gasteiger partial charge is 0.335 e. The molecule has 18 heavy (non-hydrogen) atoms. The normalized spacial score (nSPS) is 12.1. The molecule has 0 spiro atoms. The molecule has 4 heteroatoms. The van der Waals surface area contributed by atoms with Crippen LogP contribution in [0.2, 0.25) is 0 Å². The van der Waals surface area contributed by atoms with Crippen molar-refractivity contribution in [1.82, 2.24) is 0 Å². The minimum absolute atomic E-state index is 0.262. The van der Waals surface area contributed by atoms with Crippen molar-refractivity contribution in [2.75, 3.05) is 0 Å². The van der Waals surface area contributed by atoms with Gasteiger partial charge in [-0.25, -0.2) is 4.79 Å². The van der Waals surface area contributed by atoms with Crippen LogP contribution in [0, 0.1) is 0 Å². The van der Waals surface area contributed by atoms with Gasteiger partial charge in [-0.3, -0.25) is 0 Å². The Kier molecular flexibility index (Phi) is 3.79. The van der Waals surface area contributed by atoms with Crippen molar-refractivity contribution in [3.05, 3.63) is 69.7 Å². The highest BCUT2D eigenvalue weighted by atomic mass is 79.9. The molecule has 2 aromatic carbocycles. The fraction of sp³-hybridized carbons (Fsp3) is 0.0714. The van der Waals surface area contributed by atoms with Gasteiger partial charge in [-0.2, -0.15) is 0 Å². The lowest BCUT2D eigenvalue weighted by Crippen LogP contribution is -2.12. The van der Waals surface area contributed by atoms with Gasteiger partial charge in [-0.05, 0) is 29.3 Å². The van der Waals surface area contributed by atoms with E-state index in [1.807, 2.05) is 24.3 Å². The molecule has 0 saturated heterocycles. The number of nitrogens with two attached hydrogens (primary N) is 1. The number of halogens is 1. The first kappa shape index (κ1) is 12.8. The molecule has 0 bridgehead atoms. The molecule has 0 saturated carbocycles. The minimum Gasteiger partial charge on any atom is -0.478 e. The van der Waals surface area contributed by atoms with E-state index >= 15 is 0 Å². The maximum absolute atomic E-state index is 10.8. The van der Waals surface area contributed by atoms with E-state index in [4.69, 9.17) is 10.8 Å². The number of carboxylic acid groups (broad SMARTS) is 1. The molecule has 1 atom stereocenters. The van der Waals surface area contributed by atoms with E-state index in [0.717, 1.165) is 15.6 Å². The van der Waals surface area contributed by atoms with E-state index in [1.54, 1.807) is 24.3 Å². The highest BCUT2D eigenvalue weighted by molar-refractivity contribution is 9.10.